The normalized spacial score (nSPS) is 50.2. The van der Waals surface area contributed by atoms with Gasteiger partial charge >= 0.3 is 0 Å². The Morgan fingerprint density at radius 2 is 1.06 bits per heavy atom. The Morgan fingerprint density at radius 1 is 0.688 bits per heavy atom. The van der Waals surface area contributed by atoms with Crippen molar-refractivity contribution in [3.05, 3.63) is 0 Å². The summed E-state index contributed by atoms with van der Waals surface area (Å²) in [4.78, 5) is 0. The summed E-state index contributed by atoms with van der Waals surface area (Å²) >= 11 is 0. The molecule has 0 bridgehead atoms. The van der Waals surface area contributed by atoms with Crippen LogP contribution in [-0.4, -0.2) is 0 Å². The largest absolute Gasteiger partial charge is 0.0620 e. The highest BCUT2D eigenvalue weighted by Crippen LogP contribution is 2.60. The lowest BCUT2D eigenvalue weighted by molar-refractivity contribution is -0.0789. The van der Waals surface area contributed by atoms with E-state index in [0.29, 0.717) is 10.8 Å². The summed E-state index contributed by atoms with van der Waals surface area (Å²) in [5.41, 5.74) is 1.23. The predicted molar refractivity (Wildman–Crippen MR) is 71.5 cm³/mol. The van der Waals surface area contributed by atoms with E-state index < -0.39 is 0 Å². The van der Waals surface area contributed by atoms with Crippen molar-refractivity contribution in [3.8, 4) is 0 Å². The third-order valence-electron chi connectivity index (χ3n) is 6.65. The average Bonchev–Trinajstić information content (AvgIpc) is 2.27. The zero-order chi connectivity index (χ0) is 11.8. The first kappa shape index (κ1) is 12.5. The lowest BCUT2D eigenvalue weighted by atomic mass is 9.47. The molecule has 0 aromatic carbocycles. The molecule has 4 atom stereocenters. The van der Waals surface area contributed by atoms with Crippen LogP contribution in [-0.2, 0) is 0 Å². The molecule has 0 aromatic rings. The van der Waals surface area contributed by atoms with Crippen molar-refractivity contribution in [3.63, 3.8) is 0 Å². The first-order chi connectivity index (χ1) is 7.51. The van der Waals surface area contributed by atoms with Crippen LogP contribution in [0.5, 0.6) is 0 Å². The summed E-state index contributed by atoms with van der Waals surface area (Å²) in [5, 5.41) is 0. The molecule has 2 saturated carbocycles. The molecule has 0 heteroatoms. The molecule has 0 heterocycles. The molecule has 0 amide bonds. The van der Waals surface area contributed by atoms with Crippen LogP contribution in [0.4, 0.5) is 0 Å². The van der Waals surface area contributed by atoms with Crippen molar-refractivity contribution in [2.45, 2.75) is 79.1 Å². The zero-order valence-corrected chi connectivity index (χ0v) is 11.8. The van der Waals surface area contributed by atoms with Gasteiger partial charge in [0.15, 0.2) is 0 Å². The van der Waals surface area contributed by atoms with Crippen LogP contribution in [0.1, 0.15) is 79.1 Å². The Bertz CT molecular complexity index is 218. The van der Waals surface area contributed by atoms with E-state index >= 15 is 0 Å². The summed E-state index contributed by atoms with van der Waals surface area (Å²) in [6.07, 6.45) is 11.8. The smallest absolute Gasteiger partial charge is 0.0244 e. The molecule has 16 heavy (non-hydrogen) atoms. The molecule has 0 aliphatic heterocycles. The van der Waals surface area contributed by atoms with E-state index in [9.17, 15) is 0 Å². The maximum atomic E-state index is 2.61. The molecule has 0 radical (unpaired) electrons. The van der Waals surface area contributed by atoms with Crippen LogP contribution in [0.3, 0.4) is 0 Å². The monoisotopic (exact) mass is 222 g/mol. The molecule has 0 aromatic heterocycles. The second-order valence-corrected chi connectivity index (χ2v) is 7.13. The third-order valence-corrected chi connectivity index (χ3v) is 6.65. The SMILES string of the molecule is CC1CCCCC1(C)C1(C)CCCCC1C. The number of hydrogen-bond donors (Lipinski definition) is 0. The van der Waals surface area contributed by atoms with E-state index in [1.165, 1.54) is 51.4 Å². The Hall–Kier alpha value is 0. The summed E-state index contributed by atoms with van der Waals surface area (Å²) in [5.74, 6) is 1.87. The Kier molecular flexibility index (Phi) is 3.39. The first-order valence-electron chi connectivity index (χ1n) is 7.51. The van der Waals surface area contributed by atoms with Gasteiger partial charge < -0.3 is 0 Å². The average molecular weight is 222 g/mol. The lowest BCUT2D eigenvalue weighted by Crippen LogP contribution is -2.49. The summed E-state index contributed by atoms with van der Waals surface area (Å²) in [6.45, 7) is 10.3. The molecule has 2 fully saturated rings. The molecule has 0 saturated heterocycles. The Balaban J connectivity index is 2.25. The molecule has 4 unspecified atom stereocenters. The third kappa shape index (κ3) is 1.73. The highest BCUT2D eigenvalue weighted by molar-refractivity contribution is 5.01. The van der Waals surface area contributed by atoms with Gasteiger partial charge in [0.2, 0.25) is 0 Å². The highest BCUT2D eigenvalue weighted by Gasteiger charge is 2.51. The minimum Gasteiger partial charge on any atom is -0.0620 e. The van der Waals surface area contributed by atoms with Crippen LogP contribution in [0.15, 0.2) is 0 Å². The van der Waals surface area contributed by atoms with Crippen LogP contribution in [0, 0.1) is 22.7 Å². The predicted octanol–water partition coefficient (Wildman–Crippen LogP) is 5.42. The summed E-state index contributed by atoms with van der Waals surface area (Å²) in [6, 6.07) is 0. The maximum absolute atomic E-state index is 2.61. The molecular formula is C16H30. The van der Waals surface area contributed by atoms with Crippen molar-refractivity contribution in [2.24, 2.45) is 22.7 Å². The van der Waals surface area contributed by atoms with Crippen LogP contribution < -0.4 is 0 Å². The van der Waals surface area contributed by atoms with Crippen LogP contribution in [0.25, 0.3) is 0 Å². The fraction of sp³-hybridized carbons (Fsp3) is 1.00. The fourth-order valence-corrected chi connectivity index (χ4v) is 4.71. The van der Waals surface area contributed by atoms with Crippen molar-refractivity contribution in [2.75, 3.05) is 0 Å². The summed E-state index contributed by atoms with van der Waals surface area (Å²) < 4.78 is 0. The van der Waals surface area contributed by atoms with Crippen LogP contribution in [0.2, 0.25) is 0 Å². The zero-order valence-electron chi connectivity index (χ0n) is 11.8. The minimum atomic E-state index is 0.616. The van der Waals surface area contributed by atoms with Gasteiger partial charge in [-0.05, 0) is 35.5 Å². The molecule has 0 spiro atoms. The molecule has 2 rings (SSSR count). The Labute approximate surface area is 102 Å². The molecule has 0 N–H and O–H groups in total. The second kappa shape index (κ2) is 4.35. The maximum Gasteiger partial charge on any atom is -0.0244 e. The van der Waals surface area contributed by atoms with E-state index in [4.69, 9.17) is 0 Å². The molecule has 2 aliphatic carbocycles. The van der Waals surface area contributed by atoms with Crippen molar-refractivity contribution in [1.29, 1.82) is 0 Å². The van der Waals surface area contributed by atoms with Gasteiger partial charge in [-0.15, -0.1) is 0 Å². The highest BCUT2D eigenvalue weighted by atomic mass is 14.6. The van der Waals surface area contributed by atoms with Gasteiger partial charge in [-0.1, -0.05) is 66.2 Å². The fourth-order valence-electron chi connectivity index (χ4n) is 4.71. The molecule has 2 aliphatic rings. The summed E-state index contributed by atoms with van der Waals surface area (Å²) in [7, 11) is 0. The van der Waals surface area contributed by atoms with Gasteiger partial charge in [0.05, 0.1) is 0 Å². The van der Waals surface area contributed by atoms with Gasteiger partial charge in [0.1, 0.15) is 0 Å². The number of hydrogen-bond acceptors (Lipinski definition) is 0. The van der Waals surface area contributed by atoms with Gasteiger partial charge in [-0.3, -0.25) is 0 Å². The van der Waals surface area contributed by atoms with E-state index in [1.807, 2.05) is 0 Å². The number of rotatable bonds is 1. The quantitative estimate of drug-likeness (QED) is 0.556. The van der Waals surface area contributed by atoms with Crippen molar-refractivity contribution < 1.29 is 0 Å². The van der Waals surface area contributed by atoms with Gasteiger partial charge in [0, 0.05) is 0 Å². The standard InChI is InChI=1S/C16H30/c1-13-9-5-7-11-15(13,3)16(4)12-8-6-10-14(16)2/h13-14H,5-12H2,1-4H3. The minimum absolute atomic E-state index is 0.616. The van der Waals surface area contributed by atoms with Gasteiger partial charge in [0.25, 0.3) is 0 Å². The van der Waals surface area contributed by atoms with E-state index in [-0.39, 0.29) is 0 Å². The van der Waals surface area contributed by atoms with E-state index in [1.54, 1.807) is 0 Å². The molecule has 94 valence electrons. The topological polar surface area (TPSA) is 0 Å². The Morgan fingerprint density at radius 3 is 1.38 bits per heavy atom. The van der Waals surface area contributed by atoms with Crippen molar-refractivity contribution in [1.82, 2.24) is 0 Å². The van der Waals surface area contributed by atoms with E-state index in [0.717, 1.165) is 11.8 Å². The van der Waals surface area contributed by atoms with E-state index in [2.05, 4.69) is 27.7 Å². The van der Waals surface area contributed by atoms with Gasteiger partial charge in [-0.25, -0.2) is 0 Å². The molecular weight excluding hydrogens is 192 g/mol. The van der Waals surface area contributed by atoms with Crippen LogP contribution >= 0.6 is 0 Å². The first-order valence-corrected chi connectivity index (χ1v) is 7.51. The molecule has 0 nitrogen and oxygen atoms in total. The lowest BCUT2D eigenvalue weighted by Gasteiger charge is -2.57. The van der Waals surface area contributed by atoms with Crippen molar-refractivity contribution >= 4 is 0 Å². The van der Waals surface area contributed by atoms with Gasteiger partial charge in [-0.2, -0.15) is 0 Å². The second-order valence-electron chi connectivity index (χ2n) is 7.13.